The molecule has 0 saturated carbocycles. The van der Waals surface area contributed by atoms with E-state index in [-0.39, 0.29) is 30.1 Å². The molecule has 0 aliphatic carbocycles. The zero-order valence-electron chi connectivity index (χ0n) is 12.7. The number of ether oxygens (including phenoxy) is 1. The van der Waals surface area contributed by atoms with Gasteiger partial charge in [0.1, 0.15) is 5.75 Å². The van der Waals surface area contributed by atoms with E-state index in [0.29, 0.717) is 18.8 Å². The number of hydrogen-bond acceptors (Lipinski definition) is 2. The summed E-state index contributed by atoms with van der Waals surface area (Å²) in [5.41, 5.74) is 13.0. The summed E-state index contributed by atoms with van der Waals surface area (Å²) in [6, 6.07) is 4.95. The first-order chi connectivity index (χ1) is 10.7. The monoisotopic (exact) mass is 363 g/mol. The number of halogens is 4. The molecule has 0 saturated heterocycles. The van der Waals surface area contributed by atoms with Crippen LogP contribution in [0.1, 0.15) is 6.92 Å². The second-order valence-electron chi connectivity index (χ2n) is 4.91. The Morgan fingerprint density at radius 1 is 1.21 bits per heavy atom. The highest BCUT2D eigenvalue weighted by molar-refractivity contribution is 5.94. The third-order valence-electron chi connectivity index (χ3n) is 2.97. The molecule has 6 nitrogen and oxygen atoms in total. The van der Waals surface area contributed by atoms with Crippen LogP contribution in [0.15, 0.2) is 45.9 Å². The molecule has 4 N–H and O–H groups in total. The number of guanidine groups is 2. The quantitative estimate of drug-likeness (QED) is 0.480. The highest BCUT2D eigenvalue weighted by Gasteiger charge is 2.30. The molecule has 0 amide bonds. The van der Waals surface area contributed by atoms with Gasteiger partial charge in [-0.25, -0.2) is 4.99 Å². The van der Waals surface area contributed by atoms with E-state index in [0.717, 1.165) is 12.1 Å². The number of alkyl halides is 3. The highest BCUT2D eigenvalue weighted by atomic mass is 35.5. The number of benzene rings is 1. The summed E-state index contributed by atoms with van der Waals surface area (Å²) in [7, 11) is 0. The zero-order valence-corrected chi connectivity index (χ0v) is 13.6. The Hall–Kier alpha value is -2.42. The minimum Gasteiger partial charge on any atom is -0.406 e. The van der Waals surface area contributed by atoms with Gasteiger partial charge < -0.3 is 21.1 Å². The Bertz CT molecular complexity index is 655. The van der Waals surface area contributed by atoms with Gasteiger partial charge in [-0.05, 0) is 31.2 Å². The Morgan fingerprint density at radius 3 is 2.33 bits per heavy atom. The predicted molar refractivity (Wildman–Crippen MR) is 88.6 cm³/mol. The number of hydrogen-bond donors (Lipinski definition) is 2. The Labute approximate surface area is 143 Å². The Balaban J connectivity index is 0.00000288. The van der Waals surface area contributed by atoms with E-state index >= 15 is 0 Å². The maximum absolute atomic E-state index is 12.1. The zero-order chi connectivity index (χ0) is 17.0. The average Bonchev–Trinajstić information content (AvgIpc) is 2.86. The van der Waals surface area contributed by atoms with Crippen LogP contribution in [-0.4, -0.2) is 36.3 Å². The van der Waals surface area contributed by atoms with E-state index in [1.54, 1.807) is 0 Å². The van der Waals surface area contributed by atoms with Crippen molar-refractivity contribution in [2.75, 3.05) is 13.1 Å². The van der Waals surface area contributed by atoms with Crippen molar-refractivity contribution in [3.8, 4) is 5.75 Å². The Morgan fingerprint density at radius 2 is 1.83 bits per heavy atom. The maximum atomic E-state index is 12.1. The van der Waals surface area contributed by atoms with Crippen LogP contribution in [-0.2, 0) is 0 Å². The lowest BCUT2D eigenvalue weighted by molar-refractivity contribution is -0.274. The van der Waals surface area contributed by atoms with Gasteiger partial charge in [-0.1, -0.05) is 11.6 Å². The van der Waals surface area contributed by atoms with Crippen LogP contribution in [0.25, 0.3) is 0 Å². The SMILES string of the molecule is CC1=CCN(C(N)=NC(N)=Nc2ccc(OC(F)(F)F)cc2)C1.Cl. The molecule has 2 rings (SSSR count). The molecule has 1 aliphatic heterocycles. The summed E-state index contributed by atoms with van der Waals surface area (Å²) in [6.07, 6.45) is -2.71. The van der Waals surface area contributed by atoms with Crippen LogP contribution in [0.3, 0.4) is 0 Å². The third-order valence-corrected chi connectivity index (χ3v) is 2.97. The molecule has 0 aromatic heterocycles. The molecule has 132 valence electrons. The second kappa shape index (κ2) is 7.91. The molecule has 0 atom stereocenters. The van der Waals surface area contributed by atoms with Crippen molar-refractivity contribution in [1.29, 1.82) is 0 Å². The third kappa shape index (κ3) is 5.99. The molecule has 0 radical (unpaired) electrons. The largest absolute Gasteiger partial charge is 0.573 e. The van der Waals surface area contributed by atoms with E-state index in [1.165, 1.54) is 17.7 Å². The number of nitrogens with zero attached hydrogens (tertiary/aromatic N) is 3. The molecule has 24 heavy (non-hydrogen) atoms. The van der Waals surface area contributed by atoms with Gasteiger partial charge in [0.05, 0.1) is 5.69 Å². The maximum Gasteiger partial charge on any atom is 0.573 e. The van der Waals surface area contributed by atoms with E-state index < -0.39 is 6.36 Å². The van der Waals surface area contributed by atoms with Gasteiger partial charge in [-0.15, -0.1) is 25.6 Å². The summed E-state index contributed by atoms with van der Waals surface area (Å²) in [5.74, 6) is -0.190. The summed E-state index contributed by atoms with van der Waals surface area (Å²) >= 11 is 0. The first kappa shape index (κ1) is 19.6. The lowest BCUT2D eigenvalue weighted by Crippen LogP contribution is -2.37. The summed E-state index contributed by atoms with van der Waals surface area (Å²) in [4.78, 5) is 9.76. The van der Waals surface area contributed by atoms with Crippen molar-refractivity contribution in [3.63, 3.8) is 0 Å². The number of rotatable bonds is 2. The van der Waals surface area contributed by atoms with E-state index in [1.807, 2.05) is 17.9 Å². The van der Waals surface area contributed by atoms with Gasteiger partial charge in [-0.2, -0.15) is 4.99 Å². The van der Waals surface area contributed by atoms with E-state index in [9.17, 15) is 13.2 Å². The molecule has 0 unspecified atom stereocenters. The van der Waals surface area contributed by atoms with E-state index in [4.69, 9.17) is 11.5 Å². The van der Waals surface area contributed by atoms with Crippen molar-refractivity contribution in [2.45, 2.75) is 13.3 Å². The molecular formula is C14H17ClF3N5O. The van der Waals surface area contributed by atoms with Crippen molar-refractivity contribution < 1.29 is 17.9 Å². The van der Waals surface area contributed by atoms with Crippen molar-refractivity contribution >= 4 is 30.0 Å². The highest BCUT2D eigenvalue weighted by Crippen LogP contribution is 2.24. The first-order valence-corrected chi connectivity index (χ1v) is 6.67. The molecule has 0 spiro atoms. The van der Waals surface area contributed by atoms with E-state index in [2.05, 4.69) is 14.7 Å². The van der Waals surface area contributed by atoms with Crippen molar-refractivity contribution in [1.82, 2.24) is 4.90 Å². The molecule has 0 fully saturated rings. The molecule has 1 aromatic carbocycles. The smallest absolute Gasteiger partial charge is 0.406 e. The summed E-state index contributed by atoms with van der Waals surface area (Å²) in [5, 5.41) is 0. The van der Waals surface area contributed by atoms with Gasteiger partial charge in [-0.3, -0.25) is 0 Å². The van der Waals surface area contributed by atoms with Gasteiger partial charge in [0, 0.05) is 13.1 Å². The fourth-order valence-corrected chi connectivity index (χ4v) is 1.94. The average molecular weight is 364 g/mol. The molecular weight excluding hydrogens is 347 g/mol. The van der Waals surface area contributed by atoms with Crippen molar-refractivity contribution in [3.05, 3.63) is 35.9 Å². The lowest BCUT2D eigenvalue weighted by Gasteiger charge is -2.16. The van der Waals surface area contributed by atoms with Gasteiger partial charge in [0.2, 0.25) is 5.96 Å². The first-order valence-electron chi connectivity index (χ1n) is 6.67. The second-order valence-corrected chi connectivity index (χ2v) is 4.91. The molecule has 0 bridgehead atoms. The van der Waals surface area contributed by atoms with Crippen molar-refractivity contribution in [2.24, 2.45) is 21.5 Å². The topological polar surface area (TPSA) is 89.2 Å². The van der Waals surface area contributed by atoms with Gasteiger partial charge >= 0.3 is 6.36 Å². The fraction of sp³-hybridized carbons (Fsp3) is 0.286. The standard InChI is InChI=1S/C14H16F3N5O.ClH/c1-9-6-7-22(8-9)13(19)21-12(18)20-10-2-4-11(5-3-10)23-14(15,16)17;/h2-6H,7-8H2,1H3,(H4,18,19,20,21);1H. The molecule has 10 heteroatoms. The Kier molecular flexibility index (Phi) is 6.47. The van der Waals surface area contributed by atoms with Crippen LogP contribution in [0.5, 0.6) is 5.75 Å². The van der Waals surface area contributed by atoms with Gasteiger partial charge in [0.25, 0.3) is 0 Å². The van der Waals surface area contributed by atoms with Crippen LogP contribution in [0.2, 0.25) is 0 Å². The normalized spacial score (nSPS) is 15.8. The van der Waals surface area contributed by atoms with Crippen LogP contribution in [0, 0.1) is 0 Å². The number of nitrogens with two attached hydrogens (primary N) is 2. The van der Waals surface area contributed by atoms with Crippen LogP contribution >= 0.6 is 12.4 Å². The predicted octanol–water partition coefficient (Wildman–Crippen LogP) is 2.53. The molecule has 1 aromatic rings. The van der Waals surface area contributed by atoms with Crippen LogP contribution < -0.4 is 16.2 Å². The minimum atomic E-state index is -4.73. The van der Waals surface area contributed by atoms with Crippen LogP contribution in [0.4, 0.5) is 18.9 Å². The molecule has 1 aliphatic rings. The molecule has 1 heterocycles. The minimum absolute atomic E-state index is 0. The lowest BCUT2D eigenvalue weighted by atomic mass is 10.3. The fourth-order valence-electron chi connectivity index (χ4n) is 1.94. The summed E-state index contributed by atoms with van der Waals surface area (Å²) < 4.78 is 39.9. The number of aliphatic imine (C=N–C) groups is 2. The van der Waals surface area contributed by atoms with Gasteiger partial charge in [0.15, 0.2) is 5.96 Å². The summed E-state index contributed by atoms with van der Waals surface area (Å²) in [6.45, 7) is 3.30.